The summed E-state index contributed by atoms with van der Waals surface area (Å²) in [6.45, 7) is 8.03. The van der Waals surface area contributed by atoms with Gasteiger partial charge < -0.3 is 15.8 Å². The molecule has 21 heavy (non-hydrogen) atoms. The summed E-state index contributed by atoms with van der Waals surface area (Å²) in [7, 11) is 0. The Balaban J connectivity index is 0.00000220. The van der Waals surface area contributed by atoms with Crippen molar-refractivity contribution in [1.29, 1.82) is 0 Å². The Bertz CT molecular complexity index is 340. The predicted octanol–water partition coefficient (Wildman–Crippen LogP) is 3.29. The highest BCUT2D eigenvalue weighted by atomic mass is 127. The van der Waals surface area contributed by atoms with Crippen LogP contribution in [0.4, 0.5) is 0 Å². The molecule has 0 heterocycles. The lowest BCUT2D eigenvalue weighted by atomic mass is 9.55. The van der Waals surface area contributed by atoms with Gasteiger partial charge >= 0.3 is 0 Å². The molecule has 2 saturated carbocycles. The van der Waals surface area contributed by atoms with Crippen LogP contribution >= 0.6 is 24.0 Å². The molecule has 3 N–H and O–H groups in total. The number of nitrogens with two attached hydrogens (primary N) is 1. The van der Waals surface area contributed by atoms with E-state index in [2.05, 4.69) is 31.1 Å². The number of guanidine groups is 1. The Morgan fingerprint density at radius 3 is 2.57 bits per heavy atom. The summed E-state index contributed by atoms with van der Waals surface area (Å²) in [5.74, 6) is 1.17. The van der Waals surface area contributed by atoms with Crippen LogP contribution in [0.5, 0.6) is 0 Å². The fourth-order valence-electron chi connectivity index (χ4n) is 3.77. The monoisotopic (exact) mass is 409 g/mol. The first-order chi connectivity index (χ1) is 9.58. The minimum absolute atomic E-state index is 0. The summed E-state index contributed by atoms with van der Waals surface area (Å²) in [5, 5.41) is 3.47. The number of ether oxygens (including phenoxy) is 1. The largest absolute Gasteiger partial charge is 0.378 e. The molecule has 4 nitrogen and oxygen atoms in total. The van der Waals surface area contributed by atoms with Crippen molar-refractivity contribution in [2.75, 3.05) is 13.2 Å². The van der Waals surface area contributed by atoms with E-state index in [0.717, 1.165) is 19.6 Å². The molecule has 0 bridgehead atoms. The van der Waals surface area contributed by atoms with Gasteiger partial charge in [0.25, 0.3) is 0 Å². The third kappa shape index (κ3) is 4.47. The third-order valence-corrected chi connectivity index (χ3v) is 4.89. The van der Waals surface area contributed by atoms with Gasteiger partial charge in [-0.25, -0.2) is 0 Å². The smallest absolute Gasteiger partial charge is 0.188 e. The van der Waals surface area contributed by atoms with Crippen molar-refractivity contribution in [3.8, 4) is 0 Å². The Hall–Kier alpha value is -0.0400. The van der Waals surface area contributed by atoms with Crippen LogP contribution in [0.2, 0.25) is 0 Å². The Labute approximate surface area is 146 Å². The molecule has 2 aliphatic rings. The number of hydrogen-bond acceptors (Lipinski definition) is 2. The van der Waals surface area contributed by atoms with E-state index >= 15 is 0 Å². The van der Waals surface area contributed by atoms with Crippen molar-refractivity contribution < 1.29 is 4.74 Å². The van der Waals surface area contributed by atoms with Gasteiger partial charge in [-0.15, -0.1) is 24.0 Å². The Morgan fingerprint density at radius 2 is 2.00 bits per heavy atom. The number of hydrogen-bond donors (Lipinski definition) is 2. The zero-order valence-corrected chi connectivity index (χ0v) is 16.1. The predicted molar refractivity (Wildman–Crippen MR) is 99.2 cm³/mol. The zero-order chi connectivity index (χ0) is 14.6. The minimum Gasteiger partial charge on any atom is -0.378 e. The molecular formula is C16H32IN3O. The number of nitrogens with one attached hydrogen (secondary N) is 1. The van der Waals surface area contributed by atoms with Gasteiger partial charge in [0.15, 0.2) is 5.96 Å². The molecule has 0 radical (unpaired) electrons. The van der Waals surface area contributed by atoms with E-state index in [4.69, 9.17) is 10.5 Å². The van der Waals surface area contributed by atoms with Crippen molar-refractivity contribution in [2.45, 2.75) is 71.4 Å². The molecule has 2 aliphatic carbocycles. The van der Waals surface area contributed by atoms with E-state index in [-0.39, 0.29) is 24.0 Å². The fourth-order valence-corrected chi connectivity index (χ4v) is 3.77. The molecule has 0 aliphatic heterocycles. The van der Waals surface area contributed by atoms with Crippen LogP contribution in [0, 0.1) is 11.3 Å². The van der Waals surface area contributed by atoms with Crippen molar-refractivity contribution in [2.24, 2.45) is 22.1 Å². The van der Waals surface area contributed by atoms with Crippen molar-refractivity contribution in [1.82, 2.24) is 5.32 Å². The third-order valence-electron chi connectivity index (χ3n) is 4.89. The van der Waals surface area contributed by atoms with Crippen LogP contribution in [0.15, 0.2) is 4.99 Å². The zero-order valence-electron chi connectivity index (χ0n) is 13.7. The standard InChI is InChI=1S/C16H31N3O.HI/c1-4-20-14-10-13(16(14)8-6-5-7-9-16)19-15(17)18-11-12(2)3;/h12-14H,4-11H2,1-3H3,(H3,17,18,19);1H. The molecule has 2 rings (SSSR count). The summed E-state index contributed by atoms with van der Waals surface area (Å²) in [5.41, 5.74) is 6.35. The Morgan fingerprint density at radius 1 is 1.33 bits per heavy atom. The second kappa shape index (κ2) is 8.56. The summed E-state index contributed by atoms with van der Waals surface area (Å²) in [6.07, 6.45) is 8.05. The average molecular weight is 409 g/mol. The van der Waals surface area contributed by atoms with Gasteiger partial charge in [-0.2, -0.15) is 0 Å². The molecule has 0 amide bonds. The van der Waals surface area contributed by atoms with Crippen LogP contribution < -0.4 is 11.1 Å². The van der Waals surface area contributed by atoms with E-state index < -0.39 is 0 Å². The maximum absolute atomic E-state index is 6.04. The second-order valence-electron chi connectivity index (χ2n) is 6.79. The molecule has 0 saturated heterocycles. The second-order valence-corrected chi connectivity index (χ2v) is 6.79. The van der Waals surface area contributed by atoms with E-state index in [9.17, 15) is 0 Å². The van der Waals surface area contributed by atoms with Gasteiger partial charge in [0.05, 0.1) is 6.10 Å². The summed E-state index contributed by atoms with van der Waals surface area (Å²) < 4.78 is 5.96. The van der Waals surface area contributed by atoms with Gasteiger partial charge in [-0.1, -0.05) is 33.1 Å². The Kier molecular flexibility index (Phi) is 7.74. The highest BCUT2D eigenvalue weighted by Gasteiger charge is 2.55. The van der Waals surface area contributed by atoms with Crippen LogP contribution in [-0.4, -0.2) is 31.3 Å². The molecule has 0 aromatic carbocycles. The number of aliphatic imine (C=N–C) groups is 1. The highest BCUT2D eigenvalue weighted by Crippen LogP contribution is 2.53. The first-order valence-electron chi connectivity index (χ1n) is 8.26. The summed E-state index contributed by atoms with van der Waals surface area (Å²) in [4.78, 5) is 4.44. The van der Waals surface area contributed by atoms with Crippen molar-refractivity contribution in [3.05, 3.63) is 0 Å². The maximum atomic E-state index is 6.04. The first kappa shape index (κ1) is 19.0. The first-order valence-corrected chi connectivity index (χ1v) is 8.26. The SMILES string of the molecule is CCOC1CC(NC(N)=NCC(C)C)C12CCCCC2.I. The molecule has 0 aromatic rings. The van der Waals surface area contributed by atoms with E-state index in [1.165, 1.54) is 32.1 Å². The lowest BCUT2D eigenvalue weighted by molar-refractivity contribution is -0.145. The normalized spacial score (nSPS) is 28.1. The topological polar surface area (TPSA) is 59.6 Å². The number of rotatable bonds is 5. The van der Waals surface area contributed by atoms with Crippen LogP contribution in [0.1, 0.15) is 59.3 Å². The van der Waals surface area contributed by atoms with Gasteiger partial charge in [0.1, 0.15) is 0 Å². The van der Waals surface area contributed by atoms with Crippen LogP contribution in [-0.2, 0) is 4.74 Å². The average Bonchev–Trinajstić information content (AvgIpc) is 2.45. The number of nitrogens with zero attached hydrogens (tertiary/aromatic N) is 1. The van der Waals surface area contributed by atoms with Gasteiger partial charge in [0.2, 0.25) is 0 Å². The van der Waals surface area contributed by atoms with E-state index in [1.54, 1.807) is 0 Å². The quantitative estimate of drug-likeness (QED) is 0.416. The maximum Gasteiger partial charge on any atom is 0.188 e. The van der Waals surface area contributed by atoms with Crippen LogP contribution in [0.3, 0.4) is 0 Å². The van der Waals surface area contributed by atoms with E-state index in [1.807, 2.05) is 0 Å². The minimum atomic E-state index is 0. The molecule has 2 fully saturated rings. The molecular weight excluding hydrogens is 377 g/mol. The molecule has 124 valence electrons. The van der Waals surface area contributed by atoms with Crippen LogP contribution in [0.25, 0.3) is 0 Å². The van der Waals surface area contributed by atoms with Crippen molar-refractivity contribution in [3.63, 3.8) is 0 Å². The fraction of sp³-hybridized carbons (Fsp3) is 0.938. The molecule has 0 aromatic heterocycles. The summed E-state index contributed by atoms with van der Waals surface area (Å²) in [6, 6.07) is 0.454. The van der Waals surface area contributed by atoms with Crippen molar-refractivity contribution >= 4 is 29.9 Å². The number of halogens is 1. The summed E-state index contributed by atoms with van der Waals surface area (Å²) >= 11 is 0. The van der Waals surface area contributed by atoms with Gasteiger partial charge in [-0.3, -0.25) is 4.99 Å². The lowest BCUT2D eigenvalue weighted by Gasteiger charge is -2.57. The highest BCUT2D eigenvalue weighted by molar-refractivity contribution is 14.0. The van der Waals surface area contributed by atoms with E-state index in [0.29, 0.717) is 29.4 Å². The molecule has 2 atom stereocenters. The molecule has 2 unspecified atom stereocenters. The van der Waals surface area contributed by atoms with Gasteiger partial charge in [0, 0.05) is 24.6 Å². The molecule has 5 heteroatoms. The molecule has 1 spiro atoms. The van der Waals surface area contributed by atoms with Gasteiger partial charge in [-0.05, 0) is 32.1 Å². The lowest BCUT2D eigenvalue weighted by Crippen LogP contribution is -2.66.